The van der Waals surface area contributed by atoms with Gasteiger partial charge in [0.15, 0.2) is 16.7 Å². The van der Waals surface area contributed by atoms with E-state index in [0.29, 0.717) is 11.1 Å². The molecule has 0 aliphatic rings. The second-order valence-electron chi connectivity index (χ2n) is 5.80. The van der Waals surface area contributed by atoms with Gasteiger partial charge in [0.25, 0.3) is 5.91 Å². The Balaban J connectivity index is 1.54. The highest BCUT2D eigenvalue weighted by molar-refractivity contribution is 7.98. The van der Waals surface area contributed by atoms with Gasteiger partial charge in [0, 0.05) is 18.4 Å². The van der Waals surface area contributed by atoms with Crippen LogP contribution >= 0.6 is 11.8 Å². The van der Waals surface area contributed by atoms with Crippen molar-refractivity contribution in [3.8, 4) is 5.75 Å². The number of ether oxygens (including phenoxy) is 1. The molecule has 0 atom stereocenters. The maximum atomic E-state index is 13.6. The average molecular weight is 399 g/mol. The molecule has 7 nitrogen and oxygen atoms in total. The number of halogens is 1. The van der Waals surface area contributed by atoms with Crippen LogP contribution in [0.5, 0.6) is 5.75 Å². The number of methoxy groups -OCH3 is 1. The summed E-state index contributed by atoms with van der Waals surface area (Å²) in [6, 6.07) is 11.6. The van der Waals surface area contributed by atoms with Gasteiger partial charge in [-0.3, -0.25) is 4.79 Å². The van der Waals surface area contributed by atoms with Crippen LogP contribution in [-0.2, 0) is 12.8 Å². The van der Waals surface area contributed by atoms with Gasteiger partial charge in [0.05, 0.1) is 13.3 Å². The van der Waals surface area contributed by atoms with E-state index in [1.165, 1.54) is 25.5 Å². The lowest BCUT2D eigenvalue weighted by Gasteiger charge is -2.04. The molecule has 0 spiro atoms. The first-order chi connectivity index (χ1) is 13.6. The summed E-state index contributed by atoms with van der Waals surface area (Å²) >= 11 is 1.56. The lowest BCUT2D eigenvalue weighted by molar-refractivity contribution is 0.0955. The summed E-state index contributed by atoms with van der Waals surface area (Å²) in [4.78, 5) is 12.2. The van der Waals surface area contributed by atoms with Crippen LogP contribution in [0.1, 0.15) is 21.5 Å². The average Bonchev–Trinajstić information content (AvgIpc) is 3.11. The first kappa shape index (κ1) is 19.6. The third-order valence-electron chi connectivity index (χ3n) is 3.81. The molecule has 1 N–H and O–H groups in total. The minimum Gasteiger partial charge on any atom is -0.494 e. The summed E-state index contributed by atoms with van der Waals surface area (Å²) in [7, 11) is 3.28. The van der Waals surface area contributed by atoms with Crippen molar-refractivity contribution in [2.24, 2.45) is 12.1 Å². The largest absolute Gasteiger partial charge is 0.494 e. The zero-order valence-corrected chi connectivity index (χ0v) is 16.1. The van der Waals surface area contributed by atoms with Gasteiger partial charge in [-0.2, -0.15) is 5.10 Å². The van der Waals surface area contributed by atoms with Crippen LogP contribution in [0.15, 0.2) is 59.0 Å². The first-order valence-corrected chi connectivity index (χ1v) is 9.28. The fourth-order valence-electron chi connectivity index (χ4n) is 2.30. The van der Waals surface area contributed by atoms with E-state index in [-0.39, 0.29) is 11.7 Å². The third kappa shape index (κ3) is 4.95. The van der Waals surface area contributed by atoms with Gasteiger partial charge in [0.2, 0.25) is 0 Å². The second kappa shape index (κ2) is 9.14. The van der Waals surface area contributed by atoms with Crippen molar-refractivity contribution in [1.29, 1.82) is 0 Å². The van der Waals surface area contributed by atoms with Crippen LogP contribution in [0.25, 0.3) is 0 Å². The molecule has 3 aromatic rings. The normalized spacial score (nSPS) is 11.0. The van der Waals surface area contributed by atoms with Crippen LogP contribution < -0.4 is 10.2 Å². The third-order valence-corrected chi connectivity index (χ3v) is 4.91. The van der Waals surface area contributed by atoms with Gasteiger partial charge < -0.3 is 9.30 Å². The predicted molar refractivity (Wildman–Crippen MR) is 105 cm³/mol. The minimum atomic E-state index is -0.493. The number of hydrazone groups is 1. The Morgan fingerprint density at radius 2 is 2.11 bits per heavy atom. The zero-order valence-electron chi connectivity index (χ0n) is 15.3. The zero-order chi connectivity index (χ0) is 19.9. The highest BCUT2D eigenvalue weighted by atomic mass is 32.2. The van der Waals surface area contributed by atoms with Crippen molar-refractivity contribution in [2.75, 3.05) is 7.11 Å². The van der Waals surface area contributed by atoms with Crippen LogP contribution in [0.2, 0.25) is 0 Å². The molecule has 0 unspecified atom stereocenters. The van der Waals surface area contributed by atoms with Crippen LogP contribution in [0, 0.1) is 5.82 Å². The van der Waals surface area contributed by atoms with E-state index in [2.05, 4.69) is 20.7 Å². The molecule has 9 heteroatoms. The van der Waals surface area contributed by atoms with Gasteiger partial charge in [-0.05, 0) is 41.5 Å². The Hall–Kier alpha value is -3.20. The van der Waals surface area contributed by atoms with Gasteiger partial charge >= 0.3 is 0 Å². The quantitative estimate of drug-likeness (QED) is 0.375. The SMILES string of the molecule is COc1ccc(/C=N\NC(=O)c2ccc(CSc3nncn3C)cc2)cc1F. The van der Waals surface area contributed by atoms with Crippen molar-refractivity contribution >= 4 is 23.9 Å². The fourth-order valence-corrected chi connectivity index (χ4v) is 3.14. The molecular formula is C19H18FN5O2S. The summed E-state index contributed by atoms with van der Waals surface area (Å²) in [6.07, 6.45) is 3.02. The number of hydrogen-bond acceptors (Lipinski definition) is 6. The Morgan fingerprint density at radius 1 is 1.32 bits per heavy atom. The number of aromatic nitrogens is 3. The van der Waals surface area contributed by atoms with E-state index in [4.69, 9.17) is 4.74 Å². The summed E-state index contributed by atoms with van der Waals surface area (Å²) < 4.78 is 20.3. The van der Waals surface area contributed by atoms with E-state index in [1.54, 1.807) is 36.3 Å². The fraction of sp³-hybridized carbons (Fsp3) is 0.158. The molecule has 1 amide bonds. The Labute approximate surface area is 165 Å². The minimum absolute atomic E-state index is 0.151. The molecule has 0 aliphatic carbocycles. The number of rotatable bonds is 7. The Bertz CT molecular complexity index is 988. The number of nitrogens with one attached hydrogen (secondary N) is 1. The van der Waals surface area contributed by atoms with Crippen molar-refractivity contribution in [3.63, 3.8) is 0 Å². The molecule has 0 saturated heterocycles. The summed E-state index contributed by atoms with van der Waals surface area (Å²) in [5.41, 5.74) is 4.47. The molecule has 1 heterocycles. The van der Waals surface area contributed by atoms with Crippen LogP contribution in [0.4, 0.5) is 4.39 Å². The molecule has 28 heavy (non-hydrogen) atoms. The number of hydrogen-bond donors (Lipinski definition) is 1. The number of amides is 1. The van der Waals surface area contributed by atoms with E-state index >= 15 is 0 Å². The standard InChI is InChI=1S/C19H18FN5O2S/c1-25-12-22-24-19(25)28-11-13-3-6-15(7-4-13)18(26)23-21-10-14-5-8-17(27-2)16(20)9-14/h3-10,12H,11H2,1-2H3,(H,23,26)/b21-10-. The second-order valence-corrected chi connectivity index (χ2v) is 6.75. The highest BCUT2D eigenvalue weighted by Gasteiger charge is 2.06. The van der Waals surface area contributed by atoms with Crippen molar-refractivity contribution in [1.82, 2.24) is 20.2 Å². The molecule has 0 bridgehead atoms. The molecule has 144 valence electrons. The Kier molecular flexibility index (Phi) is 6.38. The summed E-state index contributed by atoms with van der Waals surface area (Å²) in [6.45, 7) is 0. The predicted octanol–water partition coefficient (Wildman–Crippen LogP) is 3.02. The van der Waals surface area contributed by atoms with Gasteiger partial charge in [0.1, 0.15) is 6.33 Å². The topological polar surface area (TPSA) is 81.4 Å². The Morgan fingerprint density at radius 3 is 2.75 bits per heavy atom. The molecule has 0 fully saturated rings. The van der Waals surface area contributed by atoms with Gasteiger partial charge in [-0.15, -0.1) is 10.2 Å². The van der Waals surface area contributed by atoms with E-state index in [0.717, 1.165) is 16.5 Å². The molecular weight excluding hydrogens is 381 g/mol. The van der Waals surface area contributed by atoms with E-state index in [1.807, 2.05) is 23.7 Å². The maximum Gasteiger partial charge on any atom is 0.271 e. The number of thioether (sulfide) groups is 1. The molecule has 0 saturated carbocycles. The number of carbonyl (C=O) groups excluding carboxylic acids is 1. The maximum absolute atomic E-state index is 13.6. The first-order valence-electron chi connectivity index (χ1n) is 8.29. The molecule has 2 aromatic carbocycles. The number of carbonyl (C=O) groups is 1. The van der Waals surface area contributed by atoms with Crippen LogP contribution in [-0.4, -0.2) is 34.0 Å². The van der Waals surface area contributed by atoms with Crippen molar-refractivity contribution in [3.05, 3.63) is 71.3 Å². The number of nitrogens with zero attached hydrogens (tertiary/aromatic N) is 4. The lowest BCUT2D eigenvalue weighted by atomic mass is 10.1. The van der Waals surface area contributed by atoms with E-state index < -0.39 is 5.82 Å². The van der Waals surface area contributed by atoms with Crippen LogP contribution in [0.3, 0.4) is 0 Å². The molecule has 0 radical (unpaired) electrons. The molecule has 1 aromatic heterocycles. The van der Waals surface area contributed by atoms with E-state index in [9.17, 15) is 9.18 Å². The smallest absolute Gasteiger partial charge is 0.271 e. The number of aryl methyl sites for hydroxylation is 1. The highest BCUT2D eigenvalue weighted by Crippen LogP contribution is 2.20. The number of benzene rings is 2. The van der Waals surface area contributed by atoms with Crippen molar-refractivity contribution in [2.45, 2.75) is 10.9 Å². The van der Waals surface area contributed by atoms with Gasteiger partial charge in [-0.25, -0.2) is 9.82 Å². The summed E-state index contributed by atoms with van der Waals surface area (Å²) in [5.74, 6) is 0.0271. The lowest BCUT2D eigenvalue weighted by Crippen LogP contribution is -2.17. The monoisotopic (exact) mass is 399 g/mol. The molecule has 3 rings (SSSR count). The van der Waals surface area contributed by atoms with Gasteiger partial charge in [-0.1, -0.05) is 23.9 Å². The van der Waals surface area contributed by atoms with Crippen molar-refractivity contribution < 1.29 is 13.9 Å². The molecule has 0 aliphatic heterocycles. The summed E-state index contributed by atoms with van der Waals surface area (Å²) in [5, 5.41) is 12.5.